The Bertz CT molecular complexity index is 1300. The molecular formula is C25H25N7O2. The maximum atomic E-state index is 13.0. The van der Waals surface area contributed by atoms with Crippen molar-refractivity contribution in [2.75, 3.05) is 36.4 Å². The van der Waals surface area contributed by atoms with Crippen LogP contribution in [0.5, 0.6) is 0 Å². The molecule has 0 unspecified atom stereocenters. The van der Waals surface area contributed by atoms with Gasteiger partial charge in [0.05, 0.1) is 0 Å². The van der Waals surface area contributed by atoms with Crippen molar-refractivity contribution in [3.8, 4) is 11.3 Å². The summed E-state index contributed by atoms with van der Waals surface area (Å²) in [5.41, 5.74) is 2.33. The first-order valence-corrected chi connectivity index (χ1v) is 11.2. The zero-order valence-electron chi connectivity index (χ0n) is 19.1. The smallest absolute Gasteiger partial charge is 0.276 e. The molecule has 5 rings (SSSR count). The predicted molar refractivity (Wildman–Crippen MR) is 129 cm³/mol. The molecule has 9 nitrogen and oxygen atoms in total. The second kappa shape index (κ2) is 9.30. The Kier molecular flexibility index (Phi) is 5.90. The first kappa shape index (κ1) is 21.6. The number of aryl methyl sites for hydroxylation is 2. The van der Waals surface area contributed by atoms with E-state index in [9.17, 15) is 4.79 Å². The third kappa shape index (κ3) is 4.73. The van der Waals surface area contributed by atoms with Crippen LogP contribution in [0.1, 0.15) is 21.9 Å². The van der Waals surface area contributed by atoms with E-state index in [4.69, 9.17) is 4.52 Å². The Morgan fingerprint density at radius 3 is 2.50 bits per heavy atom. The second-order valence-electron chi connectivity index (χ2n) is 8.22. The van der Waals surface area contributed by atoms with Gasteiger partial charge >= 0.3 is 0 Å². The number of amides is 1. The molecule has 0 atom stereocenters. The molecule has 0 bridgehead atoms. The lowest BCUT2D eigenvalue weighted by molar-refractivity contribution is 0.0736. The number of pyridine rings is 1. The molecule has 0 spiro atoms. The molecule has 1 aliphatic rings. The van der Waals surface area contributed by atoms with Crippen LogP contribution in [-0.2, 0) is 0 Å². The standard InChI is InChI=1S/C25H25N7O2/c1-17-8-9-26-22(14-17)29-23-16-24(28-18(2)27-23)31-10-12-32(13-11-31)25(33)20-15-21(34-30-20)19-6-4-3-5-7-19/h3-9,14-16H,10-13H2,1-2H3,(H,26,27,28,29). The molecular weight excluding hydrogens is 430 g/mol. The lowest BCUT2D eigenvalue weighted by atomic mass is 10.1. The quantitative estimate of drug-likeness (QED) is 0.484. The Balaban J connectivity index is 1.24. The van der Waals surface area contributed by atoms with E-state index in [2.05, 4.69) is 30.3 Å². The minimum absolute atomic E-state index is 0.127. The molecule has 3 aromatic heterocycles. The summed E-state index contributed by atoms with van der Waals surface area (Å²) in [6.07, 6.45) is 1.76. The fourth-order valence-corrected chi connectivity index (χ4v) is 3.93. The molecule has 1 saturated heterocycles. The van der Waals surface area contributed by atoms with Crippen LogP contribution < -0.4 is 10.2 Å². The number of hydrogen-bond acceptors (Lipinski definition) is 8. The van der Waals surface area contributed by atoms with Crippen LogP contribution in [0.15, 0.2) is 65.3 Å². The fourth-order valence-electron chi connectivity index (χ4n) is 3.93. The summed E-state index contributed by atoms with van der Waals surface area (Å²) in [6, 6.07) is 17.2. The zero-order valence-corrected chi connectivity index (χ0v) is 19.1. The van der Waals surface area contributed by atoms with Crippen molar-refractivity contribution >= 4 is 23.4 Å². The summed E-state index contributed by atoms with van der Waals surface area (Å²) in [5.74, 6) is 3.38. The molecule has 0 saturated carbocycles. The second-order valence-corrected chi connectivity index (χ2v) is 8.22. The van der Waals surface area contributed by atoms with Crippen LogP contribution in [0.2, 0.25) is 0 Å². The van der Waals surface area contributed by atoms with Crippen molar-refractivity contribution in [1.82, 2.24) is 25.0 Å². The van der Waals surface area contributed by atoms with Gasteiger partial charge in [-0.2, -0.15) is 0 Å². The third-order valence-corrected chi connectivity index (χ3v) is 5.67. The van der Waals surface area contributed by atoms with Crippen molar-refractivity contribution in [2.45, 2.75) is 13.8 Å². The van der Waals surface area contributed by atoms with Crippen molar-refractivity contribution in [3.63, 3.8) is 0 Å². The van der Waals surface area contributed by atoms with Crippen LogP contribution in [0.4, 0.5) is 17.5 Å². The first-order chi connectivity index (χ1) is 16.5. The minimum Gasteiger partial charge on any atom is -0.355 e. The molecule has 172 valence electrons. The van der Waals surface area contributed by atoms with Gasteiger partial charge < -0.3 is 19.6 Å². The highest BCUT2D eigenvalue weighted by atomic mass is 16.5. The highest BCUT2D eigenvalue weighted by Crippen LogP contribution is 2.23. The van der Waals surface area contributed by atoms with E-state index in [0.29, 0.717) is 49.3 Å². The van der Waals surface area contributed by atoms with Crippen LogP contribution in [0.3, 0.4) is 0 Å². The summed E-state index contributed by atoms with van der Waals surface area (Å²) in [4.78, 5) is 30.4. The molecule has 1 fully saturated rings. The molecule has 4 heterocycles. The number of anilines is 3. The first-order valence-electron chi connectivity index (χ1n) is 11.2. The van der Waals surface area contributed by atoms with Gasteiger partial charge in [0.2, 0.25) is 0 Å². The zero-order chi connectivity index (χ0) is 23.5. The Morgan fingerprint density at radius 2 is 1.74 bits per heavy atom. The summed E-state index contributed by atoms with van der Waals surface area (Å²) in [6.45, 7) is 6.34. The van der Waals surface area contributed by atoms with Crippen LogP contribution in [0.25, 0.3) is 11.3 Å². The number of carbonyl (C=O) groups is 1. The van der Waals surface area contributed by atoms with Gasteiger partial charge in [0.15, 0.2) is 11.5 Å². The normalized spacial score (nSPS) is 13.7. The van der Waals surface area contributed by atoms with Crippen molar-refractivity contribution in [3.05, 3.63) is 77.9 Å². The molecule has 1 aliphatic heterocycles. The number of hydrogen-bond donors (Lipinski definition) is 1. The average Bonchev–Trinajstić information content (AvgIpc) is 3.34. The summed E-state index contributed by atoms with van der Waals surface area (Å²) < 4.78 is 5.40. The molecule has 4 aromatic rings. The number of piperazine rings is 1. The average molecular weight is 456 g/mol. The lowest BCUT2D eigenvalue weighted by Crippen LogP contribution is -2.49. The molecule has 34 heavy (non-hydrogen) atoms. The summed E-state index contributed by atoms with van der Waals surface area (Å²) >= 11 is 0. The largest absolute Gasteiger partial charge is 0.355 e. The van der Waals surface area contributed by atoms with Crippen molar-refractivity contribution in [1.29, 1.82) is 0 Å². The Morgan fingerprint density at radius 1 is 0.941 bits per heavy atom. The highest BCUT2D eigenvalue weighted by Gasteiger charge is 2.25. The van der Waals surface area contributed by atoms with E-state index >= 15 is 0 Å². The molecule has 9 heteroatoms. The fraction of sp³-hybridized carbons (Fsp3) is 0.240. The van der Waals surface area contributed by atoms with Crippen LogP contribution in [0, 0.1) is 13.8 Å². The van der Waals surface area contributed by atoms with Gasteiger partial charge in [0.1, 0.15) is 23.3 Å². The third-order valence-electron chi connectivity index (χ3n) is 5.67. The predicted octanol–water partition coefficient (Wildman–Crippen LogP) is 3.85. The van der Waals surface area contributed by atoms with Gasteiger partial charge in [-0.1, -0.05) is 35.5 Å². The Labute approximate surface area is 197 Å². The molecule has 0 aliphatic carbocycles. The number of aromatic nitrogens is 4. The molecule has 0 radical (unpaired) electrons. The van der Waals surface area contributed by atoms with E-state index in [1.165, 1.54) is 0 Å². The van der Waals surface area contributed by atoms with E-state index in [1.807, 2.05) is 62.4 Å². The van der Waals surface area contributed by atoms with Gasteiger partial charge in [-0.3, -0.25) is 4.79 Å². The van der Waals surface area contributed by atoms with E-state index in [1.54, 1.807) is 17.2 Å². The number of nitrogens with one attached hydrogen (secondary N) is 1. The monoisotopic (exact) mass is 455 g/mol. The molecule has 1 N–H and O–H groups in total. The van der Waals surface area contributed by atoms with Gasteiger partial charge in [-0.15, -0.1) is 0 Å². The highest BCUT2D eigenvalue weighted by molar-refractivity contribution is 5.93. The van der Waals surface area contributed by atoms with Gasteiger partial charge in [0.25, 0.3) is 5.91 Å². The number of carbonyl (C=O) groups excluding carboxylic acids is 1. The lowest BCUT2D eigenvalue weighted by Gasteiger charge is -2.35. The maximum Gasteiger partial charge on any atom is 0.276 e. The summed E-state index contributed by atoms with van der Waals surface area (Å²) in [5, 5.41) is 7.26. The number of nitrogens with zero attached hydrogens (tertiary/aromatic N) is 6. The van der Waals surface area contributed by atoms with Gasteiger partial charge in [-0.05, 0) is 31.5 Å². The maximum absolute atomic E-state index is 13.0. The molecule has 1 amide bonds. The van der Waals surface area contributed by atoms with Crippen molar-refractivity contribution < 1.29 is 9.32 Å². The summed E-state index contributed by atoms with van der Waals surface area (Å²) in [7, 11) is 0. The van der Waals surface area contributed by atoms with Crippen LogP contribution in [-0.4, -0.2) is 57.1 Å². The van der Waals surface area contributed by atoms with Gasteiger partial charge in [0, 0.05) is 50.1 Å². The van der Waals surface area contributed by atoms with Gasteiger partial charge in [-0.25, -0.2) is 15.0 Å². The Hall–Kier alpha value is -4.27. The topological polar surface area (TPSA) is 100 Å². The van der Waals surface area contributed by atoms with Crippen LogP contribution >= 0.6 is 0 Å². The van der Waals surface area contributed by atoms with E-state index in [-0.39, 0.29) is 5.91 Å². The minimum atomic E-state index is -0.127. The molecule has 1 aromatic carbocycles. The van der Waals surface area contributed by atoms with E-state index in [0.717, 1.165) is 22.8 Å². The van der Waals surface area contributed by atoms with E-state index < -0.39 is 0 Å². The number of benzene rings is 1. The van der Waals surface area contributed by atoms with Crippen molar-refractivity contribution in [2.24, 2.45) is 0 Å². The SMILES string of the molecule is Cc1ccnc(Nc2cc(N3CCN(C(=O)c4cc(-c5ccccc5)on4)CC3)nc(C)n2)c1. The number of rotatable bonds is 5.